The molecule has 0 radical (unpaired) electrons. The van der Waals surface area contributed by atoms with Gasteiger partial charge in [0.2, 0.25) is 5.91 Å². The van der Waals surface area contributed by atoms with Gasteiger partial charge in [-0.25, -0.2) is 4.79 Å². The third-order valence-electron chi connectivity index (χ3n) is 7.47. The maximum Gasteiger partial charge on any atom is 0.314 e. The smallest absolute Gasteiger partial charge is 0.314 e. The summed E-state index contributed by atoms with van der Waals surface area (Å²) in [6.45, 7) is 10.4. The van der Waals surface area contributed by atoms with E-state index in [1.165, 1.54) is 13.0 Å². The van der Waals surface area contributed by atoms with Crippen LogP contribution in [0, 0.1) is 5.92 Å². The van der Waals surface area contributed by atoms with Crippen LogP contribution in [0.5, 0.6) is 0 Å². The van der Waals surface area contributed by atoms with Gasteiger partial charge in [-0.2, -0.15) is 0 Å². The molecule has 3 rings (SSSR count). The van der Waals surface area contributed by atoms with Crippen LogP contribution >= 0.6 is 0 Å². The van der Waals surface area contributed by atoms with E-state index in [0.717, 1.165) is 37.9 Å². The highest BCUT2D eigenvalue weighted by atomic mass is 16.6. The van der Waals surface area contributed by atoms with Gasteiger partial charge >= 0.3 is 12.0 Å². The van der Waals surface area contributed by atoms with E-state index < -0.39 is 6.10 Å². The van der Waals surface area contributed by atoms with Crippen LogP contribution in [0.2, 0.25) is 0 Å². The number of esters is 1. The van der Waals surface area contributed by atoms with Crippen molar-refractivity contribution in [2.45, 2.75) is 102 Å². The van der Waals surface area contributed by atoms with Crippen LogP contribution in [0.25, 0.3) is 0 Å². The fourth-order valence-corrected chi connectivity index (χ4v) is 5.17. The Balaban J connectivity index is 1.46. The molecule has 3 amide bonds. The predicted octanol–water partition coefficient (Wildman–Crippen LogP) is 2.93. The Bertz CT molecular complexity index is 959. The lowest BCUT2D eigenvalue weighted by molar-refractivity contribution is -0.143. The number of rotatable bonds is 10. The summed E-state index contributed by atoms with van der Waals surface area (Å²) in [4.78, 5) is 34.9. The highest BCUT2D eigenvalue weighted by molar-refractivity contribution is 5.87. The van der Waals surface area contributed by atoms with Gasteiger partial charge in [-0.1, -0.05) is 30.7 Å². The van der Waals surface area contributed by atoms with E-state index in [0.29, 0.717) is 6.54 Å². The van der Waals surface area contributed by atoms with Gasteiger partial charge in [0.15, 0.2) is 0 Å². The second-order valence-corrected chi connectivity index (χ2v) is 11.1. The van der Waals surface area contributed by atoms with Crippen molar-refractivity contribution in [3.8, 4) is 0 Å². The zero-order valence-electron chi connectivity index (χ0n) is 24.0. The molecule has 10 heteroatoms. The average Bonchev–Trinajstić information content (AvgIpc) is 3.62. The van der Waals surface area contributed by atoms with Crippen LogP contribution in [0.1, 0.15) is 60.3 Å². The van der Waals surface area contributed by atoms with E-state index in [1.54, 1.807) is 20.0 Å². The zero-order valence-corrected chi connectivity index (χ0v) is 24.0. The van der Waals surface area contributed by atoms with E-state index in [4.69, 9.17) is 18.9 Å². The van der Waals surface area contributed by atoms with Gasteiger partial charge in [0, 0.05) is 39.4 Å². The molecule has 0 aromatic rings. The Morgan fingerprint density at radius 3 is 2.54 bits per heavy atom. The molecule has 3 aliphatic heterocycles. The van der Waals surface area contributed by atoms with Crippen LogP contribution in [-0.2, 0) is 28.5 Å². The molecule has 0 bridgehead atoms. The van der Waals surface area contributed by atoms with Crippen LogP contribution in [-0.4, -0.2) is 80.3 Å². The van der Waals surface area contributed by atoms with Crippen molar-refractivity contribution in [3.05, 3.63) is 36.0 Å². The summed E-state index contributed by atoms with van der Waals surface area (Å²) in [6, 6.07) is -0.306. The molecule has 3 N–H and O–H groups in total. The fourth-order valence-electron chi connectivity index (χ4n) is 5.17. The predicted molar refractivity (Wildman–Crippen MR) is 147 cm³/mol. The third kappa shape index (κ3) is 10.1. The Hall–Kier alpha value is -2.69. The van der Waals surface area contributed by atoms with Crippen molar-refractivity contribution in [1.82, 2.24) is 16.0 Å². The molecule has 0 unspecified atom stereocenters. The van der Waals surface area contributed by atoms with Crippen LogP contribution in [0.4, 0.5) is 4.79 Å². The first-order chi connectivity index (χ1) is 18.5. The quantitative estimate of drug-likeness (QED) is 0.166. The molecular weight excluding hydrogens is 502 g/mol. The lowest BCUT2D eigenvalue weighted by atomic mass is 9.88. The Morgan fingerprint density at radius 2 is 1.87 bits per heavy atom. The van der Waals surface area contributed by atoms with Crippen LogP contribution in [0.3, 0.4) is 0 Å². The summed E-state index contributed by atoms with van der Waals surface area (Å²) in [7, 11) is 1.59. The number of hydrogen-bond donors (Lipinski definition) is 3. The number of ether oxygens (including phenoxy) is 4. The summed E-state index contributed by atoms with van der Waals surface area (Å²) in [5.41, 5.74) is 1.00. The van der Waals surface area contributed by atoms with Gasteiger partial charge in [-0.3, -0.25) is 9.59 Å². The van der Waals surface area contributed by atoms with E-state index in [9.17, 15) is 14.4 Å². The molecule has 0 aromatic heterocycles. The average molecular weight is 548 g/mol. The lowest BCUT2D eigenvalue weighted by Crippen LogP contribution is -2.50. The molecule has 3 fully saturated rings. The summed E-state index contributed by atoms with van der Waals surface area (Å²) in [6.07, 6.45) is 11.8. The Labute approximate surface area is 231 Å². The molecule has 39 heavy (non-hydrogen) atoms. The molecular formula is C29H45N3O7. The minimum atomic E-state index is -0.457. The second-order valence-electron chi connectivity index (χ2n) is 11.1. The minimum Gasteiger partial charge on any atom is -0.459 e. The highest BCUT2D eigenvalue weighted by Crippen LogP contribution is 2.42. The van der Waals surface area contributed by atoms with E-state index >= 15 is 0 Å². The highest BCUT2D eigenvalue weighted by Gasteiger charge is 2.51. The topological polar surface area (TPSA) is 128 Å². The molecule has 218 valence electrons. The standard InChI is InChI=1S/C29H45N3O7/c1-18(7-10-23-14-29(17-36-29)15-24(39-23)16-31-28(35)30-6)8-11-26-19(2)13-25(21(4)38-26)32-27(34)12-9-20(3)37-22(5)33/h7-10,12,19-21,23-26H,11,13-17H2,1-6H3,(H,32,34)(H2,30,31,35)/b10-7+,12-9-,18-8+/t19-,20-,21+,23+,24-,25+,26-,29+/m0/s1. The van der Waals surface area contributed by atoms with Crippen molar-refractivity contribution in [2.75, 3.05) is 20.2 Å². The van der Waals surface area contributed by atoms with Crippen molar-refractivity contribution in [1.29, 1.82) is 0 Å². The first-order valence-electron chi connectivity index (χ1n) is 13.9. The van der Waals surface area contributed by atoms with Crippen molar-refractivity contribution in [2.24, 2.45) is 5.92 Å². The second kappa shape index (κ2) is 14.1. The van der Waals surface area contributed by atoms with Crippen molar-refractivity contribution >= 4 is 17.9 Å². The van der Waals surface area contributed by atoms with Gasteiger partial charge in [0.25, 0.3) is 0 Å². The van der Waals surface area contributed by atoms with Gasteiger partial charge < -0.3 is 34.9 Å². The van der Waals surface area contributed by atoms with E-state index in [-0.39, 0.29) is 59.9 Å². The summed E-state index contributed by atoms with van der Waals surface area (Å²) < 4.78 is 23.2. The molecule has 0 saturated carbocycles. The number of carbonyl (C=O) groups excluding carboxylic acids is 3. The number of nitrogens with one attached hydrogen (secondary N) is 3. The van der Waals surface area contributed by atoms with Crippen molar-refractivity contribution < 1.29 is 33.3 Å². The molecule has 0 aliphatic carbocycles. The van der Waals surface area contributed by atoms with Gasteiger partial charge in [0.05, 0.1) is 42.7 Å². The molecule has 1 spiro atoms. The maximum absolute atomic E-state index is 12.3. The van der Waals surface area contributed by atoms with Gasteiger partial charge in [-0.05, 0) is 45.6 Å². The summed E-state index contributed by atoms with van der Waals surface area (Å²) in [5, 5.41) is 8.40. The number of carbonyl (C=O) groups is 3. The SMILES string of the molecule is CNC(=O)NC[C@@H]1C[C@@]2(CO2)C[C@@H](/C=C/C(C)=C/C[C@@H]2O[C@H](C)[C@H](NC(=O)/C=C\[C@H](C)OC(C)=O)C[C@@H]2C)O1. The first kappa shape index (κ1) is 30.8. The molecule has 3 heterocycles. The molecule has 0 aromatic carbocycles. The molecule has 3 aliphatic rings. The van der Waals surface area contributed by atoms with Crippen LogP contribution in [0.15, 0.2) is 36.0 Å². The van der Waals surface area contributed by atoms with Gasteiger partial charge in [-0.15, -0.1) is 0 Å². The number of amides is 3. The molecule has 10 nitrogen and oxygen atoms in total. The summed E-state index contributed by atoms with van der Waals surface area (Å²) in [5.74, 6) is -0.340. The molecule has 8 atom stereocenters. The van der Waals surface area contributed by atoms with E-state index in [1.807, 2.05) is 6.92 Å². The largest absolute Gasteiger partial charge is 0.459 e. The number of urea groups is 1. The fraction of sp³-hybridized carbons (Fsp3) is 0.690. The number of epoxide rings is 1. The maximum atomic E-state index is 12.3. The Kier molecular flexibility index (Phi) is 11.1. The van der Waals surface area contributed by atoms with Crippen molar-refractivity contribution in [3.63, 3.8) is 0 Å². The minimum absolute atomic E-state index is 0.0604. The third-order valence-corrected chi connectivity index (χ3v) is 7.47. The number of allylic oxidation sites excluding steroid dienone is 2. The first-order valence-corrected chi connectivity index (χ1v) is 13.9. The Morgan fingerprint density at radius 1 is 1.13 bits per heavy atom. The van der Waals surface area contributed by atoms with Gasteiger partial charge in [0.1, 0.15) is 6.10 Å². The zero-order chi connectivity index (χ0) is 28.6. The number of hydrogen-bond acceptors (Lipinski definition) is 7. The normalized spacial score (nSPS) is 33.6. The summed E-state index contributed by atoms with van der Waals surface area (Å²) >= 11 is 0. The van der Waals surface area contributed by atoms with E-state index in [2.05, 4.69) is 48.0 Å². The monoisotopic (exact) mass is 547 g/mol. The molecule has 3 saturated heterocycles. The van der Waals surface area contributed by atoms with Crippen LogP contribution < -0.4 is 16.0 Å². The lowest BCUT2D eigenvalue weighted by Gasteiger charge is -2.39.